The van der Waals surface area contributed by atoms with Crippen LogP contribution in [0.25, 0.3) is 0 Å². The lowest BCUT2D eigenvalue weighted by Gasteiger charge is -2.11. The fourth-order valence-electron chi connectivity index (χ4n) is 1.39. The summed E-state index contributed by atoms with van der Waals surface area (Å²) in [5, 5.41) is 0.209. The fraction of sp³-hybridized carbons (Fsp3) is 0.700. The highest BCUT2D eigenvalue weighted by atomic mass is 35.5. The first-order valence-electron chi connectivity index (χ1n) is 4.70. The summed E-state index contributed by atoms with van der Waals surface area (Å²) in [5.74, 6) is 1.73. The van der Waals surface area contributed by atoms with Crippen molar-refractivity contribution in [3.05, 3.63) is 18.2 Å². The summed E-state index contributed by atoms with van der Waals surface area (Å²) >= 11 is 6.19. The van der Waals surface area contributed by atoms with Gasteiger partial charge in [-0.3, -0.25) is 0 Å². The van der Waals surface area contributed by atoms with Crippen LogP contribution in [0.4, 0.5) is 0 Å². The first-order chi connectivity index (χ1) is 6.09. The third-order valence-electron chi connectivity index (χ3n) is 2.05. The van der Waals surface area contributed by atoms with Gasteiger partial charge in [0.25, 0.3) is 0 Å². The zero-order chi connectivity index (χ0) is 9.84. The largest absolute Gasteiger partial charge is 0.338 e. The van der Waals surface area contributed by atoms with Gasteiger partial charge >= 0.3 is 0 Å². The molecule has 0 fully saturated rings. The van der Waals surface area contributed by atoms with Crippen LogP contribution in [0, 0.1) is 5.92 Å². The SMILES string of the molecule is CC(C)CC(Cl)Cc1nccn1C. The van der Waals surface area contributed by atoms with Crippen molar-refractivity contribution in [2.45, 2.75) is 32.1 Å². The zero-order valence-electron chi connectivity index (χ0n) is 8.50. The predicted octanol–water partition coefficient (Wildman–Crippen LogP) is 2.62. The number of halogens is 1. The topological polar surface area (TPSA) is 17.8 Å². The molecule has 1 heterocycles. The van der Waals surface area contributed by atoms with E-state index in [0.29, 0.717) is 5.92 Å². The molecular formula is C10H17ClN2. The molecule has 0 aliphatic carbocycles. The lowest BCUT2D eigenvalue weighted by molar-refractivity contribution is 0.551. The molecule has 1 atom stereocenters. The minimum Gasteiger partial charge on any atom is -0.338 e. The molecule has 1 aromatic heterocycles. The van der Waals surface area contributed by atoms with Gasteiger partial charge in [0.1, 0.15) is 5.82 Å². The van der Waals surface area contributed by atoms with Gasteiger partial charge < -0.3 is 4.57 Å². The van der Waals surface area contributed by atoms with Gasteiger partial charge in [-0.2, -0.15) is 0 Å². The number of nitrogens with zero attached hydrogens (tertiary/aromatic N) is 2. The summed E-state index contributed by atoms with van der Waals surface area (Å²) in [6, 6.07) is 0. The average Bonchev–Trinajstić information content (AvgIpc) is 2.34. The van der Waals surface area contributed by atoms with E-state index in [1.54, 1.807) is 0 Å². The molecule has 74 valence electrons. The van der Waals surface area contributed by atoms with E-state index in [-0.39, 0.29) is 5.38 Å². The Labute approximate surface area is 84.9 Å². The summed E-state index contributed by atoms with van der Waals surface area (Å²) in [6.07, 6.45) is 5.68. The Bertz CT molecular complexity index is 255. The molecule has 0 saturated heterocycles. The molecule has 13 heavy (non-hydrogen) atoms. The first-order valence-corrected chi connectivity index (χ1v) is 5.13. The van der Waals surface area contributed by atoms with E-state index >= 15 is 0 Å². The normalized spacial score (nSPS) is 13.6. The van der Waals surface area contributed by atoms with Crippen molar-refractivity contribution in [2.24, 2.45) is 13.0 Å². The van der Waals surface area contributed by atoms with E-state index in [2.05, 4.69) is 18.8 Å². The van der Waals surface area contributed by atoms with Crippen LogP contribution in [-0.2, 0) is 13.5 Å². The van der Waals surface area contributed by atoms with Gasteiger partial charge in [-0.1, -0.05) is 13.8 Å². The summed E-state index contributed by atoms with van der Waals surface area (Å²) in [4.78, 5) is 4.24. The van der Waals surface area contributed by atoms with Crippen molar-refractivity contribution in [1.82, 2.24) is 9.55 Å². The maximum Gasteiger partial charge on any atom is 0.109 e. The Balaban J connectivity index is 2.45. The molecule has 1 aromatic rings. The van der Waals surface area contributed by atoms with Crippen LogP contribution in [0.15, 0.2) is 12.4 Å². The molecule has 3 heteroatoms. The Morgan fingerprint density at radius 2 is 2.23 bits per heavy atom. The number of hydrogen-bond acceptors (Lipinski definition) is 1. The lowest BCUT2D eigenvalue weighted by Crippen LogP contribution is -2.10. The van der Waals surface area contributed by atoms with Crippen LogP contribution in [-0.4, -0.2) is 14.9 Å². The monoisotopic (exact) mass is 200 g/mol. The Kier molecular flexibility index (Phi) is 3.79. The van der Waals surface area contributed by atoms with Gasteiger partial charge in [0.2, 0.25) is 0 Å². The lowest BCUT2D eigenvalue weighted by atomic mass is 10.1. The van der Waals surface area contributed by atoms with E-state index in [9.17, 15) is 0 Å². The molecule has 1 unspecified atom stereocenters. The van der Waals surface area contributed by atoms with Crippen LogP contribution in [0.2, 0.25) is 0 Å². The maximum atomic E-state index is 6.19. The minimum absolute atomic E-state index is 0.209. The van der Waals surface area contributed by atoms with Gasteiger partial charge in [-0.15, -0.1) is 11.6 Å². The smallest absolute Gasteiger partial charge is 0.109 e. The molecule has 0 amide bonds. The summed E-state index contributed by atoms with van der Waals surface area (Å²) < 4.78 is 2.02. The zero-order valence-corrected chi connectivity index (χ0v) is 9.25. The molecule has 0 saturated carbocycles. The summed E-state index contributed by atoms with van der Waals surface area (Å²) in [7, 11) is 2.00. The number of aromatic nitrogens is 2. The number of rotatable bonds is 4. The average molecular weight is 201 g/mol. The Morgan fingerprint density at radius 1 is 1.54 bits per heavy atom. The van der Waals surface area contributed by atoms with Crippen LogP contribution in [0.1, 0.15) is 26.1 Å². The second-order valence-electron chi connectivity index (χ2n) is 3.89. The van der Waals surface area contributed by atoms with Crippen molar-refractivity contribution < 1.29 is 0 Å². The minimum atomic E-state index is 0.209. The fourth-order valence-corrected chi connectivity index (χ4v) is 1.88. The van der Waals surface area contributed by atoms with E-state index in [4.69, 9.17) is 11.6 Å². The highest BCUT2D eigenvalue weighted by Gasteiger charge is 2.10. The molecule has 0 N–H and O–H groups in total. The van der Waals surface area contributed by atoms with Gasteiger partial charge in [0.15, 0.2) is 0 Å². The van der Waals surface area contributed by atoms with Crippen LogP contribution < -0.4 is 0 Å². The van der Waals surface area contributed by atoms with Crippen LogP contribution in [0.3, 0.4) is 0 Å². The van der Waals surface area contributed by atoms with Gasteiger partial charge in [0.05, 0.1) is 0 Å². The number of imidazole rings is 1. The van der Waals surface area contributed by atoms with Crippen LogP contribution >= 0.6 is 11.6 Å². The molecule has 1 rings (SSSR count). The molecule has 0 aliphatic rings. The third kappa shape index (κ3) is 3.39. The van der Waals surface area contributed by atoms with Gasteiger partial charge in [-0.25, -0.2) is 4.98 Å². The Morgan fingerprint density at radius 3 is 2.69 bits per heavy atom. The number of hydrogen-bond donors (Lipinski definition) is 0. The van der Waals surface area contributed by atoms with Crippen molar-refractivity contribution >= 4 is 11.6 Å². The molecule has 0 bridgehead atoms. The standard InChI is InChI=1S/C10H17ClN2/c1-8(2)6-9(11)7-10-12-4-5-13(10)3/h4-5,8-9H,6-7H2,1-3H3. The first kappa shape index (κ1) is 10.6. The molecule has 2 nitrogen and oxygen atoms in total. The second-order valence-corrected chi connectivity index (χ2v) is 4.50. The Hall–Kier alpha value is -0.500. The number of alkyl halides is 1. The van der Waals surface area contributed by atoms with Gasteiger partial charge in [0, 0.05) is 31.2 Å². The summed E-state index contributed by atoms with van der Waals surface area (Å²) in [6.45, 7) is 4.38. The van der Waals surface area contributed by atoms with Gasteiger partial charge in [-0.05, 0) is 12.3 Å². The van der Waals surface area contributed by atoms with E-state index in [1.807, 2.05) is 24.0 Å². The van der Waals surface area contributed by atoms with E-state index < -0.39 is 0 Å². The van der Waals surface area contributed by atoms with E-state index in [0.717, 1.165) is 18.7 Å². The maximum absolute atomic E-state index is 6.19. The predicted molar refractivity (Wildman–Crippen MR) is 56.0 cm³/mol. The molecule has 0 spiro atoms. The molecule has 0 aromatic carbocycles. The highest BCUT2D eigenvalue weighted by molar-refractivity contribution is 6.20. The second kappa shape index (κ2) is 4.66. The quantitative estimate of drug-likeness (QED) is 0.684. The van der Waals surface area contributed by atoms with Crippen LogP contribution in [0.5, 0.6) is 0 Å². The third-order valence-corrected chi connectivity index (χ3v) is 2.38. The molecule has 0 radical (unpaired) electrons. The molecular weight excluding hydrogens is 184 g/mol. The van der Waals surface area contributed by atoms with Crippen molar-refractivity contribution in [3.8, 4) is 0 Å². The van der Waals surface area contributed by atoms with Crippen molar-refractivity contribution in [1.29, 1.82) is 0 Å². The highest BCUT2D eigenvalue weighted by Crippen LogP contribution is 2.14. The van der Waals surface area contributed by atoms with Crippen molar-refractivity contribution in [3.63, 3.8) is 0 Å². The van der Waals surface area contributed by atoms with Crippen molar-refractivity contribution in [2.75, 3.05) is 0 Å². The summed E-state index contributed by atoms with van der Waals surface area (Å²) in [5.41, 5.74) is 0. The number of aryl methyl sites for hydroxylation is 1. The van der Waals surface area contributed by atoms with E-state index in [1.165, 1.54) is 0 Å². The molecule has 0 aliphatic heterocycles.